The van der Waals surface area contributed by atoms with Crippen LogP contribution in [0.1, 0.15) is 62.5 Å². The van der Waals surface area contributed by atoms with Gasteiger partial charge in [-0.15, -0.1) is 0 Å². The third-order valence-corrected chi connectivity index (χ3v) is 6.42. The van der Waals surface area contributed by atoms with Gasteiger partial charge in [0, 0.05) is 36.0 Å². The van der Waals surface area contributed by atoms with Crippen LogP contribution in [0.5, 0.6) is 11.5 Å². The Morgan fingerprint density at radius 3 is 2.15 bits per heavy atom. The lowest BCUT2D eigenvalue weighted by molar-refractivity contribution is -0.117. The number of carbonyl (C=O) groups excluding carboxylic acids is 2. The first-order chi connectivity index (χ1) is 18.2. The quantitative estimate of drug-likeness (QED) is 0.125. The molecule has 0 spiro atoms. The van der Waals surface area contributed by atoms with Gasteiger partial charge in [0.05, 0.1) is 19.8 Å². The number of hydrogen-bond acceptors (Lipinski definition) is 6. The van der Waals surface area contributed by atoms with Gasteiger partial charge in [0.15, 0.2) is 23.1 Å². The van der Waals surface area contributed by atoms with Gasteiger partial charge in [-0.2, -0.15) is 0 Å². The molecule has 2 aromatic rings. The van der Waals surface area contributed by atoms with E-state index in [0.717, 1.165) is 12.3 Å². The maximum atomic E-state index is 15.0. The van der Waals surface area contributed by atoms with E-state index < -0.39 is 55.8 Å². The number of benzene rings is 2. The summed E-state index contributed by atoms with van der Waals surface area (Å²) >= 11 is 0. The molecule has 2 rings (SSSR count). The Hall–Kier alpha value is -3.26. The smallest absolute Gasteiger partial charge is 0.310 e. The van der Waals surface area contributed by atoms with E-state index in [1.807, 2.05) is 0 Å². The van der Waals surface area contributed by atoms with Gasteiger partial charge in [0.2, 0.25) is 5.91 Å². The van der Waals surface area contributed by atoms with Crippen molar-refractivity contribution in [2.75, 3.05) is 25.1 Å². The second-order valence-corrected chi connectivity index (χ2v) is 12.5. The number of ketones is 1. The monoisotopic (exact) mass is 597 g/mol. The third kappa shape index (κ3) is 9.15. The predicted molar refractivity (Wildman–Crippen MR) is 143 cm³/mol. The molecular formula is C26H33F6N3O4S. The predicted octanol–water partition coefficient (Wildman–Crippen LogP) is 7.63. The largest absolute Gasteiger partial charge is 0.490 e. The average molecular weight is 598 g/mol. The Labute approximate surface area is 228 Å². The van der Waals surface area contributed by atoms with Crippen molar-refractivity contribution in [3.05, 3.63) is 46.8 Å². The van der Waals surface area contributed by atoms with Crippen LogP contribution in [0.25, 0.3) is 0 Å². The summed E-state index contributed by atoms with van der Waals surface area (Å²) in [6.45, 7) is 7.85. The lowest BCUT2D eigenvalue weighted by Crippen LogP contribution is -2.24. The molecule has 0 aliphatic carbocycles. The standard InChI is InChI=1S/C26H33F6N3O4S/c1-6-38-22-10-17(20(13-33)24(27)25(22)39-7-2)14-34-15-21(36)16-8-18(35-23(37)12-26(3,4)5)11-19(9-16)40(28,29,30,31)32/h8-11,13,33-34H,6-7,12,14-15H2,1-5H3,(H,35,37). The first-order valence-corrected chi connectivity index (χ1v) is 14.2. The van der Waals surface area contributed by atoms with Gasteiger partial charge >= 0.3 is 10.2 Å². The molecule has 0 aliphatic heterocycles. The van der Waals surface area contributed by atoms with Crippen molar-refractivity contribution in [1.29, 1.82) is 5.41 Å². The van der Waals surface area contributed by atoms with Crippen LogP contribution in [0.3, 0.4) is 0 Å². The van der Waals surface area contributed by atoms with Gasteiger partial charge in [-0.25, -0.2) is 4.39 Å². The molecule has 40 heavy (non-hydrogen) atoms. The first kappa shape index (κ1) is 32.9. The maximum Gasteiger partial charge on any atom is 0.310 e. The molecule has 0 heterocycles. The number of nitrogens with one attached hydrogen (secondary N) is 3. The second kappa shape index (κ2) is 11.3. The van der Waals surface area contributed by atoms with E-state index in [9.17, 15) is 33.4 Å². The van der Waals surface area contributed by atoms with Gasteiger partial charge in [-0.1, -0.05) is 40.2 Å². The zero-order valence-electron chi connectivity index (χ0n) is 22.7. The molecule has 0 saturated heterocycles. The fourth-order valence-electron chi connectivity index (χ4n) is 3.67. The molecule has 0 unspecified atom stereocenters. The van der Waals surface area contributed by atoms with E-state index in [-0.39, 0.29) is 60.9 Å². The number of ether oxygens (including phenoxy) is 2. The topological polar surface area (TPSA) is 101 Å². The van der Waals surface area contributed by atoms with Gasteiger partial charge < -0.3 is 25.5 Å². The van der Waals surface area contributed by atoms with Crippen molar-refractivity contribution in [1.82, 2.24) is 5.32 Å². The molecule has 7 nitrogen and oxygen atoms in total. The minimum absolute atomic E-state index is 0.0394. The molecule has 1 amide bonds. The molecule has 2 aromatic carbocycles. The molecule has 0 fully saturated rings. The van der Waals surface area contributed by atoms with Crippen LogP contribution >= 0.6 is 10.2 Å². The second-order valence-electron chi connectivity index (χ2n) is 10.1. The van der Waals surface area contributed by atoms with Crippen molar-refractivity contribution < 1.29 is 42.9 Å². The SMILES string of the molecule is CCOc1cc(CNCC(=O)c2cc(NC(=O)CC(C)(C)C)cc(S(F)(F)(F)(F)F)c2)c(C=N)c(F)c1OCC. The normalized spacial score (nSPS) is 13.7. The van der Waals surface area contributed by atoms with Crippen molar-refractivity contribution >= 4 is 33.8 Å². The zero-order chi connectivity index (χ0) is 30.6. The zero-order valence-corrected chi connectivity index (χ0v) is 23.5. The van der Waals surface area contributed by atoms with E-state index in [1.165, 1.54) is 6.07 Å². The summed E-state index contributed by atoms with van der Waals surface area (Å²) in [5.74, 6) is -2.73. The van der Waals surface area contributed by atoms with Crippen LogP contribution in [0.15, 0.2) is 29.2 Å². The Kier molecular flexibility index (Phi) is 9.32. The highest BCUT2D eigenvalue weighted by Gasteiger charge is 2.65. The van der Waals surface area contributed by atoms with Crippen LogP contribution in [-0.4, -0.2) is 37.7 Å². The summed E-state index contributed by atoms with van der Waals surface area (Å²) in [7, 11) is -10.2. The number of halogens is 6. The Morgan fingerprint density at radius 1 is 1.00 bits per heavy atom. The number of anilines is 1. The van der Waals surface area contributed by atoms with Crippen LogP contribution in [0.4, 0.5) is 29.5 Å². The summed E-state index contributed by atoms with van der Waals surface area (Å²) in [5.41, 5.74) is -1.85. The van der Waals surface area contributed by atoms with Crippen LogP contribution < -0.4 is 20.1 Å². The summed E-state index contributed by atoms with van der Waals surface area (Å²) in [5, 5.41) is 12.4. The summed E-state index contributed by atoms with van der Waals surface area (Å²) in [6, 6.07) is 2.41. The number of rotatable bonds is 13. The number of hydrogen-bond donors (Lipinski definition) is 3. The van der Waals surface area contributed by atoms with Gasteiger partial charge in [-0.3, -0.25) is 9.59 Å². The molecule has 0 aliphatic rings. The summed E-state index contributed by atoms with van der Waals surface area (Å²) < 4.78 is 93.9. The van der Waals surface area contributed by atoms with Crippen molar-refractivity contribution in [3.63, 3.8) is 0 Å². The lowest BCUT2D eigenvalue weighted by atomic mass is 9.92. The molecule has 0 bridgehead atoms. The fourth-order valence-corrected chi connectivity index (χ4v) is 4.37. The van der Waals surface area contributed by atoms with E-state index >= 15 is 0 Å². The molecule has 224 valence electrons. The maximum absolute atomic E-state index is 15.0. The molecule has 3 N–H and O–H groups in total. The van der Waals surface area contributed by atoms with E-state index in [1.54, 1.807) is 34.6 Å². The van der Waals surface area contributed by atoms with E-state index in [2.05, 4.69) is 10.6 Å². The average Bonchev–Trinajstić information content (AvgIpc) is 2.78. The number of carbonyl (C=O) groups is 2. The fraction of sp³-hybridized carbons (Fsp3) is 0.423. The minimum Gasteiger partial charge on any atom is -0.490 e. The van der Waals surface area contributed by atoms with Crippen molar-refractivity contribution in [3.8, 4) is 11.5 Å². The summed E-state index contributed by atoms with van der Waals surface area (Å²) in [4.78, 5) is 22.7. The third-order valence-electron chi connectivity index (χ3n) is 5.29. The Balaban J connectivity index is 2.36. The minimum atomic E-state index is -10.2. The Bertz CT molecular complexity index is 1300. The van der Waals surface area contributed by atoms with E-state index in [0.29, 0.717) is 0 Å². The highest BCUT2D eigenvalue weighted by atomic mass is 32.5. The molecule has 14 heteroatoms. The molecule has 0 aromatic heterocycles. The van der Waals surface area contributed by atoms with Crippen LogP contribution in [-0.2, 0) is 11.3 Å². The first-order valence-electron chi connectivity index (χ1n) is 12.2. The van der Waals surface area contributed by atoms with Gasteiger partial charge in [-0.05, 0) is 49.1 Å². The Morgan fingerprint density at radius 2 is 1.62 bits per heavy atom. The van der Waals surface area contributed by atoms with Gasteiger partial charge in [0.25, 0.3) is 0 Å². The van der Waals surface area contributed by atoms with Crippen LogP contribution in [0, 0.1) is 16.6 Å². The van der Waals surface area contributed by atoms with Crippen molar-refractivity contribution in [2.45, 2.75) is 52.5 Å². The van der Waals surface area contributed by atoms with Crippen LogP contribution in [0.2, 0.25) is 0 Å². The molecule has 0 atom stereocenters. The van der Waals surface area contributed by atoms with E-state index in [4.69, 9.17) is 14.9 Å². The molecular weight excluding hydrogens is 564 g/mol. The highest BCUT2D eigenvalue weighted by Crippen LogP contribution is 3.02. The molecule has 0 saturated carbocycles. The number of amides is 1. The lowest BCUT2D eigenvalue weighted by Gasteiger charge is -2.40. The van der Waals surface area contributed by atoms with Gasteiger partial charge in [0.1, 0.15) is 4.90 Å². The molecule has 0 radical (unpaired) electrons. The van der Waals surface area contributed by atoms with Crippen molar-refractivity contribution in [2.24, 2.45) is 5.41 Å². The number of Topliss-reactive ketones (excluding diaryl/α,β-unsaturated/α-hetero) is 1. The highest BCUT2D eigenvalue weighted by molar-refractivity contribution is 8.45. The summed E-state index contributed by atoms with van der Waals surface area (Å²) in [6.07, 6.45) is 0.618.